The summed E-state index contributed by atoms with van der Waals surface area (Å²) in [6.07, 6.45) is 0. The van der Waals surface area contributed by atoms with Crippen molar-refractivity contribution < 1.29 is 39.7 Å². The van der Waals surface area contributed by atoms with Gasteiger partial charge in [-0.2, -0.15) is 21.6 Å². The second-order valence-corrected chi connectivity index (χ2v) is 4.97. The number of alkyl halides is 4. The van der Waals surface area contributed by atoms with Gasteiger partial charge in [-0.3, -0.25) is 0 Å². The molecule has 0 N–H and O–H groups in total. The van der Waals surface area contributed by atoms with Gasteiger partial charge in [0, 0.05) is 5.56 Å². The zero-order valence-electron chi connectivity index (χ0n) is 9.90. The first kappa shape index (κ1) is 16.2. The van der Waals surface area contributed by atoms with Crippen molar-refractivity contribution in [3.63, 3.8) is 0 Å². The average Bonchev–Trinajstić information content (AvgIpc) is 2.35. The standard InChI is InChI=1S/C10H8F4O5S/c1-18-9(15)8-3-2-7(4-6(8)5-11)19-20(16,17)10(12,13)14/h2-4H,5H2,1H3. The first-order chi connectivity index (χ1) is 9.12. The normalized spacial score (nSPS) is 12.1. The molecular weight excluding hydrogens is 308 g/mol. The Hall–Kier alpha value is -1.84. The van der Waals surface area contributed by atoms with E-state index in [1.165, 1.54) is 0 Å². The van der Waals surface area contributed by atoms with Crippen LogP contribution in [0.25, 0.3) is 0 Å². The molecule has 0 fully saturated rings. The van der Waals surface area contributed by atoms with Gasteiger partial charge >= 0.3 is 21.6 Å². The van der Waals surface area contributed by atoms with Crippen molar-refractivity contribution in [1.82, 2.24) is 0 Å². The van der Waals surface area contributed by atoms with E-state index < -0.39 is 34.0 Å². The Kier molecular flexibility index (Phi) is 4.58. The van der Waals surface area contributed by atoms with Crippen molar-refractivity contribution in [2.45, 2.75) is 12.2 Å². The molecule has 0 unspecified atom stereocenters. The summed E-state index contributed by atoms with van der Waals surface area (Å²) in [7, 11) is -4.82. The Morgan fingerprint density at radius 2 is 1.90 bits per heavy atom. The Balaban J connectivity index is 3.15. The molecule has 20 heavy (non-hydrogen) atoms. The summed E-state index contributed by atoms with van der Waals surface area (Å²) in [5, 5.41) is 0. The number of rotatable bonds is 4. The number of ether oxygens (including phenoxy) is 1. The van der Waals surface area contributed by atoms with E-state index in [0.717, 1.165) is 19.2 Å². The van der Waals surface area contributed by atoms with Gasteiger partial charge in [0.25, 0.3) is 0 Å². The molecule has 0 radical (unpaired) electrons. The van der Waals surface area contributed by atoms with E-state index in [1.807, 2.05) is 0 Å². The van der Waals surface area contributed by atoms with Crippen LogP contribution in [0, 0.1) is 0 Å². The van der Waals surface area contributed by atoms with E-state index >= 15 is 0 Å². The number of carbonyl (C=O) groups excluding carboxylic acids is 1. The number of hydrogen-bond donors (Lipinski definition) is 0. The number of hydrogen-bond acceptors (Lipinski definition) is 5. The van der Waals surface area contributed by atoms with Crippen LogP contribution in [-0.4, -0.2) is 27.0 Å². The molecule has 0 heterocycles. The quantitative estimate of drug-likeness (QED) is 0.368. The van der Waals surface area contributed by atoms with E-state index in [2.05, 4.69) is 8.92 Å². The lowest BCUT2D eigenvalue weighted by molar-refractivity contribution is -0.0500. The monoisotopic (exact) mass is 316 g/mol. The smallest absolute Gasteiger partial charge is 0.465 e. The predicted octanol–water partition coefficient (Wildman–Crippen LogP) is 2.17. The third-order valence-electron chi connectivity index (χ3n) is 2.12. The lowest BCUT2D eigenvalue weighted by Crippen LogP contribution is -2.28. The van der Waals surface area contributed by atoms with Gasteiger partial charge in [-0.05, 0) is 18.2 Å². The minimum Gasteiger partial charge on any atom is -0.465 e. The topological polar surface area (TPSA) is 69.7 Å². The summed E-state index contributed by atoms with van der Waals surface area (Å²) in [4.78, 5) is 11.2. The van der Waals surface area contributed by atoms with Crippen LogP contribution in [0.4, 0.5) is 17.6 Å². The number of benzene rings is 1. The second-order valence-electron chi connectivity index (χ2n) is 3.43. The van der Waals surface area contributed by atoms with Crippen LogP contribution in [0.3, 0.4) is 0 Å². The molecule has 5 nitrogen and oxygen atoms in total. The number of methoxy groups -OCH3 is 1. The van der Waals surface area contributed by atoms with Gasteiger partial charge in [-0.1, -0.05) is 0 Å². The molecule has 1 aromatic rings. The molecule has 0 saturated heterocycles. The van der Waals surface area contributed by atoms with Crippen LogP contribution >= 0.6 is 0 Å². The molecular formula is C10H8F4O5S. The third-order valence-corrected chi connectivity index (χ3v) is 3.09. The van der Waals surface area contributed by atoms with E-state index in [1.54, 1.807) is 0 Å². The summed E-state index contributed by atoms with van der Waals surface area (Å²) < 4.78 is 78.7. The van der Waals surface area contributed by atoms with Crippen molar-refractivity contribution in [1.29, 1.82) is 0 Å². The van der Waals surface area contributed by atoms with Gasteiger partial charge in [-0.25, -0.2) is 9.18 Å². The Bertz CT molecular complexity index is 609. The highest BCUT2D eigenvalue weighted by molar-refractivity contribution is 7.87. The molecule has 0 atom stereocenters. The third kappa shape index (κ3) is 3.38. The fraction of sp³-hybridized carbons (Fsp3) is 0.300. The van der Waals surface area contributed by atoms with Crippen LogP contribution in [0.1, 0.15) is 15.9 Å². The minimum absolute atomic E-state index is 0.244. The van der Waals surface area contributed by atoms with Crippen LogP contribution < -0.4 is 4.18 Å². The molecule has 0 aliphatic carbocycles. The Morgan fingerprint density at radius 3 is 2.35 bits per heavy atom. The molecule has 1 aromatic carbocycles. The molecule has 10 heteroatoms. The molecule has 0 bridgehead atoms. The maximum atomic E-state index is 12.7. The van der Waals surface area contributed by atoms with Gasteiger partial charge < -0.3 is 8.92 Å². The SMILES string of the molecule is COC(=O)c1ccc(OS(=O)(=O)C(F)(F)F)cc1CF. The minimum atomic E-state index is -5.85. The molecule has 0 aromatic heterocycles. The van der Waals surface area contributed by atoms with Gasteiger partial charge in [0.2, 0.25) is 0 Å². The van der Waals surface area contributed by atoms with Crippen molar-refractivity contribution >= 4 is 16.1 Å². The summed E-state index contributed by atoms with van der Waals surface area (Å²) in [5.41, 5.74) is -6.21. The lowest BCUT2D eigenvalue weighted by Gasteiger charge is -2.11. The van der Waals surface area contributed by atoms with Crippen molar-refractivity contribution in [2.75, 3.05) is 7.11 Å². The Morgan fingerprint density at radius 1 is 1.30 bits per heavy atom. The summed E-state index contributed by atoms with van der Waals surface area (Å²) in [5.74, 6) is -1.68. The largest absolute Gasteiger partial charge is 0.534 e. The molecule has 0 amide bonds. The van der Waals surface area contributed by atoms with Crippen molar-refractivity contribution in [3.05, 3.63) is 29.3 Å². The summed E-state index contributed by atoms with van der Waals surface area (Å²) in [6.45, 7) is -1.21. The molecule has 0 aliphatic heterocycles. The molecule has 0 saturated carbocycles. The summed E-state index contributed by atoms with van der Waals surface area (Å²) >= 11 is 0. The predicted molar refractivity (Wildman–Crippen MR) is 58.2 cm³/mol. The van der Waals surface area contributed by atoms with Crippen LogP contribution in [-0.2, 0) is 21.5 Å². The highest BCUT2D eigenvalue weighted by Gasteiger charge is 2.48. The van der Waals surface area contributed by atoms with Crippen LogP contribution in [0.15, 0.2) is 18.2 Å². The molecule has 1 rings (SSSR count). The zero-order valence-corrected chi connectivity index (χ0v) is 10.7. The van der Waals surface area contributed by atoms with Gasteiger partial charge in [0.05, 0.1) is 12.7 Å². The van der Waals surface area contributed by atoms with Gasteiger partial charge in [0.1, 0.15) is 12.4 Å². The van der Waals surface area contributed by atoms with E-state index in [4.69, 9.17) is 0 Å². The van der Waals surface area contributed by atoms with Gasteiger partial charge in [0.15, 0.2) is 0 Å². The first-order valence-corrected chi connectivity index (χ1v) is 6.31. The maximum Gasteiger partial charge on any atom is 0.534 e. The van der Waals surface area contributed by atoms with E-state index in [0.29, 0.717) is 6.07 Å². The van der Waals surface area contributed by atoms with Crippen LogP contribution in [0.5, 0.6) is 5.75 Å². The molecule has 112 valence electrons. The van der Waals surface area contributed by atoms with E-state index in [9.17, 15) is 30.8 Å². The fourth-order valence-electron chi connectivity index (χ4n) is 1.22. The van der Waals surface area contributed by atoms with Crippen LogP contribution in [0.2, 0.25) is 0 Å². The Labute approximate surface area is 111 Å². The summed E-state index contributed by atoms with van der Waals surface area (Å²) in [6, 6.07) is 2.37. The molecule has 0 aliphatic rings. The number of carbonyl (C=O) groups is 1. The average molecular weight is 316 g/mol. The zero-order chi connectivity index (χ0) is 15.6. The number of halogens is 4. The molecule has 0 spiro atoms. The number of esters is 1. The lowest BCUT2D eigenvalue weighted by atomic mass is 10.1. The van der Waals surface area contributed by atoms with Gasteiger partial charge in [-0.15, -0.1) is 0 Å². The highest BCUT2D eigenvalue weighted by atomic mass is 32.2. The van der Waals surface area contributed by atoms with Crippen molar-refractivity contribution in [2.24, 2.45) is 0 Å². The fourth-order valence-corrected chi connectivity index (χ4v) is 1.67. The van der Waals surface area contributed by atoms with E-state index in [-0.39, 0.29) is 11.1 Å². The first-order valence-electron chi connectivity index (χ1n) is 4.90. The maximum absolute atomic E-state index is 12.7. The second kappa shape index (κ2) is 5.65. The van der Waals surface area contributed by atoms with Crippen molar-refractivity contribution in [3.8, 4) is 5.75 Å². The highest BCUT2D eigenvalue weighted by Crippen LogP contribution is 2.28.